The Labute approximate surface area is 208 Å². The lowest BCUT2D eigenvalue weighted by molar-refractivity contribution is -0.131. The van der Waals surface area contributed by atoms with Crippen LogP contribution in [0.25, 0.3) is 10.5 Å². The van der Waals surface area contributed by atoms with E-state index in [0.29, 0.717) is 34.3 Å². The van der Waals surface area contributed by atoms with Crippen molar-refractivity contribution in [1.82, 2.24) is 24.5 Å². The van der Waals surface area contributed by atoms with Gasteiger partial charge in [0.05, 0.1) is 53.0 Å². The lowest BCUT2D eigenvalue weighted by Crippen LogP contribution is -2.64. The summed E-state index contributed by atoms with van der Waals surface area (Å²) < 4.78 is 6.86. The quantitative estimate of drug-likeness (QED) is 0.500. The SMILES string of the molecule is [C-]#[N+]c1cnc2c(NCC)nc(Nc3cc(C#N)cc(N4CCN(C5(C)COC5)CC4)c3Cl)nn12. The Morgan fingerprint density at radius 2 is 2.06 bits per heavy atom. The highest BCUT2D eigenvalue weighted by Crippen LogP contribution is 2.37. The van der Waals surface area contributed by atoms with E-state index < -0.39 is 0 Å². The molecular formula is C23H25ClN10O. The van der Waals surface area contributed by atoms with E-state index in [9.17, 15) is 5.26 Å². The molecule has 4 heterocycles. The summed E-state index contributed by atoms with van der Waals surface area (Å²) in [6.45, 7) is 17.1. The first-order valence-corrected chi connectivity index (χ1v) is 11.8. The van der Waals surface area contributed by atoms with Crippen LogP contribution in [0.4, 0.5) is 29.0 Å². The lowest BCUT2D eigenvalue weighted by Gasteiger charge is -2.50. The summed E-state index contributed by atoms with van der Waals surface area (Å²) >= 11 is 6.86. The highest BCUT2D eigenvalue weighted by atomic mass is 35.5. The Morgan fingerprint density at radius 3 is 2.69 bits per heavy atom. The topological polar surface area (TPSA) is 111 Å². The highest BCUT2D eigenvalue weighted by Gasteiger charge is 2.40. The van der Waals surface area contributed by atoms with Gasteiger partial charge in [0.25, 0.3) is 17.4 Å². The molecule has 1 aromatic carbocycles. The molecule has 0 atom stereocenters. The van der Waals surface area contributed by atoms with Crippen LogP contribution < -0.4 is 15.5 Å². The van der Waals surface area contributed by atoms with Crippen LogP contribution >= 0.6 is 11.6 Å². The molecule has 3 aromatic rings. The van der Waals surface area contributed by atoms with Gasteiger partial charge in [-0.1, -0.05) is 23.3 Å². The number of halogens is 1. The van der Waals surface area contributed by atoms with Crippen LogP contribution in [0.5, 0.6) is 0 Å². The highest BCUT2D eigenvalue weighted by molar-refractivity contribution is 6.36. The predicted molar refractivity (Wildman–Crippen MR) is 134 cm³/mol. The average molecular weight is 493 g/mol. The van der Waals surface area contributed by atoms with Crippen molar-refractivity contribution in [2.75, 3.05) is 61.5 Å². The maximum absolute atomic E-state index is 9.68. The number of nitrogens with zero attached hydrogens (tertiary/aromatic N) is 8. The van der Waals surface area contributed by atoms with Gasteiger partial charge in [0, 0.05) is 32.7 Å². The number of hydrogen-bond donors (Lipinski definition) is 2. The summed E-state index contributed by atoms with van der Waals surface area (Å²) in [5.41, 5.74) is 2.36. The van der Waals surface area contributed by atoms with Gasteiger partial charge in [-0.25, -0.2) is 4.98 Å². The number of anilines is 4. The van der Waals surface area contributed by atoms with Gasteiger partial charge in [-0.2, -0.15) is 10.2 Å². The Hall–Kier alpha value is -3.64. The van der Waals surface area contributed by atoms with Crippen molar-refractivity contribution in [2.24, 2.45) is 0 Å². The van der Waals surface area contributed by atoms with Gasteiger partial charge < -0.3 is 25.1 Å². The van der Waals surface area contributed by atoms with Gasteiger partial charge in [-0.15, -0.1) is 4.52 Å². The first kappa shape index (κ1) is 23.1. The van der Waals surface area contributed by atoms with Crippen LogP contribution in [-0.4, -0.2) is 76.0 Å². The third-order valence-corrected chi connectivity index (χ3v) is 6.84. The van der Waals surface area contributed by atoms with Crippen LogP contribution in [0.2, 0.25) is 5.02 Å². The third kappa shape index (κ3) is 4.19. The second-order valence-corrected chi connectivity index (χ2v) is 9.21. The van der Waals surface area contributed by atoms with Crippen molar-refractivity contribution >= 4 is 46.2 Å². The molecule has 0 spiro atoms. The van der Waals surface area contributed by atoms with Crippen LogP contribution in [0.15, 0.2) is 18.3 Å². The Bertz CT molecular complexity index is 1350. The largest absolute Gasteiger partial charge is 0.377 e. The molecule has 12 heteroatoms. The Morgan fingerprint density at radius 1 is 1.29 bits per heavy atom. The average Bonchev–Trinajstić information content (AvgIpc) is 3.27. The standard InChI is InChI=1S/C23H25ClN10O/c1-4-27-20-21-28-12-18(26-3)34(21)31-22(30-20)29-16-9-15(11-25)10-17(19(16)24)32-5-7-33(8-6-32)23(2)13-35-14-23/h9-10,12H,4-8,13-14H2,1-2H3,(H2,27,29,30,31). The molecule has 2 N–H and O–H groups in total. The van der Waals surface area contributed by atoms with Crippen LogP contribution in [0.1, 0.15) is 19.4 Å². The molecule has 0 bridgehead atoms. The molecule has 11 nitrogen and oxygen atoms in total. The molecule has 180 valence electrons. The number of nitrogens with one attached hydrogen (secondary N) is 2. The van der Waals surface area contributed by atoms with E-state index in [0.717, 1.165) is 45.1 Å². The van der Waals surface area contributed by atoms with Crippen molar-refractivity contribution in [2.45, 2.75) is 19.4 Å². The molecule has 0 aliphatic carbocycles. The number of fused-ring (bicyclic) bond motifs is 1. The Kier molecular flexibility index (Phi) is 6.07. The van der Waals surface area contributed by atoms with E-state index in [1.165, 1.54) is 10.7 Å². The van der Waals surface area contributed by atoms with E-state index in [4.69, 9.17) is 22.9 Å². The van der Waals surface area contributed by atoms with Crippen molar-refractivity contribution in [3.63, 3.8) is 0 Å². The van der Waals surface area contributed by atoms with Crippen molar-refractivity contribution in [3.8, 4) is 6.07 Å². The summed E-state index contributed by atoms with van der Waals surface area (Å²) in [6, 6.07) is 5.72. The van der Waals surface area contributed by atoms with Crippen LogP contribution in [0.3, 0.4) is 0 Å². The number of nitriles is 1. The molecule has 0 radical (unpaired) electrons. The monoisotopic (exact) mass is 492 g/mol. The fourth-order valence-corrected chi connectivity index (χ4v) is 4.74. The molecule has 0 unspecified atom stereocenters. The van der Waals surface area contributed by atoms with Gasteiger partial charge in [0.1, 0.15) is 0 Å². The number of ether oxygens (including phenoxy) is 1. The molecule has 2 aromatic heterocycles. The molecular weight excluding hydrogens is 468 g/mol. The Balaban J connectivity index is 1.45. The fourth-order valence-electron chi connectivity index (χ4n) is 4.47. The first-order valence-electron chi connectivity index (χ1n) is 11.4. The van der Waals surface area contributed by atoms with Crippen molar-refractivity contribution in [3.05, 3.63) is 40.3 Å². The van der Waals surface area contributed by atoms with Crippen LogP contribution in [0, 0.1) is 17.9 Å². The molecule has 0 saturated carbocycles. The minimum absolute atomic E-state index is 0.106. The predicted octanol–water partition coefficient (Wildman–Crippen LogP) is 3.29. The van der Waals surface area contributed by atoms with Gasteiger partial charge >= 0.3 is 0 Å². The zero-order valence-corrected chi connectivity index (χ0v) is 20.3. The second-order valence-electron chi connectivity index (χ2n) is 8.84. The summed E-state index contributed by atoms with van der Waals surface area (Å²) in [5, 5.41) is 20.9. The normalized spacial score (nSPS) is 17.5. The van der Waals surface area contributed by atoms with Crippen molar-refractivity contribution < 1.29 is 4.74 Å². The van der Waals surface area contributed by atoms with E-state index in [-0.39, 0.29) is 17.3 Å². The van der Waals surface area contributed by atoms with E-state index >= 15 is 0 Å². The molecule has 0 amide bonds. The number of imidazole rings is 1. The van der Waals surface area contributed by atoms with Gasteiger partial charge in [-0.3, -0.25) is 4.90 Å². The minimum atomic E-state index is 0.106. The number of rotatable bonds is 6. The second kappa shape index (κ2) is 9.19. The first-order chi connectivity index (χ1) is 17.0. The van der Waals surface area contributed by atoms with E-state index in [1.807, 2.05) is 13.0 Å². The summed E-state index contributed by atoms with van der Waals surface area (Å²) in [6.07, 6.45) is 1.46. The maximum Gasteiger partial charge on any atom is 0.275 e. The molecule has 2 saturated heterocycles. The molecule has 2 fully saturated rings. The summed E-state index contributed by atoms with van der Waals surface area (Å²) in [4.78, 5) is 16.9. The molecule has 2 aliphatic heterocycles. The summed E-state index contributed by atoms with van der Waals surface area (Å²) in [7, 11) is 0. The van der Waals surface area contributed by atoms with Gasteiger partial charge in [0.15, 0.2) is 5.82 Å². The minimum Gasteiger partial charge on any atom is -0.377 e. The van der Waals surface area contributed by atoms with Crippen molar-refractivity contribution in [1.29, 1.82) is 5.26 Å². The summed E-state index contributed by atoms with van der Waals surface area (Å²) in [5.74, 6) is 1.00. The third-order valence-electron chi connectivity index (χ3n) is 6.44. The van der Waals surface area contributed by atoms with Gasteiger partial charge in [-0.05, 0) is 26.0 Å². The van der Waals surface area contributed by atoms with E-state index in [2.05, 4.69) is 53.3 Å². The zero-order chi connectivity index (χ0) is 24.6. The number of aromatic nitrogens is 4. The molecule has 35 heavy (non-hydrogen) atoms. The fraction of sp³-hybridized carbons (Fsp3) is 0.435. The smallest absolute Gasteiger partial charge is 0.275 e. The molecule has 2 aliphatic rings. The zero-order valence-electron chi connectivity index (χ0n) is 19.5. The maximum atomic E-state index is 9.68. The lowest BCUT2D eigenvalue weighted by atomic mass is 9.97. The number of piperazine rings is 1. The molecule has 5 rings (SSSR count). The van der Waals surface area contributed by atoms with Gasteiger partial charge in [0.2, 0.25) is 0 Å². The van der Waals surface area contributed by atoms with Crippen LogP contribution in [-0.2, 0) is 4.74 Å². The van der Waals surface area contributed by atoms with E-state index in [1.54, 1.807) is 6.07 Å². The number of benzene rings is 1. The number of hydrogen-bond acceptors (Lipinski definition) is 9.